The lowest BCUT2D eigenvalue weighted by molar-refractivity contribution is 0.0924. The molecule has 4 heteroatoms. The second kappa shape index (κ2) is 6.02. The molecule has 0 atom stereocenters. The van der Waals surface area contributed by atoms with Crippen LogP contribution in [0, 0.1) is 0 Å². The molecule has 1 aromatic heterocycles. The number of rotatable bonds is 1. The second-order valence-corrected chi connectivity index (χ2v) is 10.5. The number of hydrogen-bond acceptors (Lipinski definition) is 3. The molecule has 0 saturated carbocycles. The molecule has 4 rings (SSSR count). The van der Waals surface area contributed by atoms with E-state index in [1.165, 1.54) is 4.90 Å². The SMILES string of the molecule is CC(C)(C)c1sc(C(C)(C)C)c2c1C(=O)N(c1ccc3ccccc3c1)C2=O. The lowest BCUT2D eigenvalue weighted by atomic mass is 9.87. The molecular formula is C24H25NO2S. The van der Waals surface area contributed by atoms with Gasteiger partial charge in [-0.2, -0.15) is 0 Å². The molecule has 0 unspecified atom stereocenters. The lowest BCUT2D eigenvalue weighted by Crippen LogP contribution is -2.31. The zero-order valence-electron chi connectivity index (χ0n) is 17.2. The van der Waals surface area contributed by atoms with Crippen LogP contribution in [0.5, 0.6) is 0 Å². The lowest BCUT2D eigenvalue weighted by Gasteiger charge is -2.22. The third kappa shape index (κ3) is 2.78. The normalized spacial score (nSPS) is 14.9. The fraction of sp³-hybridized carbons (Fsp3) is 0.333. The van der Waals surface area contributed by atoms with Gasteiger partial charge in [-0.3, -0.25) is 9.59 Å². The quantitative estimate of drug-likeness (QED) is 0.457. The Morgan fingerprint density at radius 2 is 1.21 bits per heavy atom. The minimum atomic E-state index is -0.202. The van der Waals surface area contributed by atoms with E-state index in [0.29, 0.717) is 16.8 Å². The molecule has 0 fully saturated rings. The summed E-state index contributed by atoms with van der Waals surface area (Å²) in [6.07, 6.45) is 0. The maximum atomic E-state index is 13.5. The van der Waals surface area contributed by atoms with E-state index in [4.69, 9.17) is 0 Å². The van der Waals surface area contributed by atoms with Crippen molar-refractivity contribution in [2.75, 3.05) is 4.90 Å². The van der Waals surface area contributed by atoms with Gasteiger partial charge in [0, 0.05) is 9.75 Å². The summed E-state index contributed by atoms with van der Waals surface area (Å²) in [7, 11) is 0. The summed E-state index contributed by atoms with van der Waals surface area (Å²) in [6.45, 7) is 12.6. The first-order valence-electron chi connectivity index (χ1n) is 9.55. The highest BCUT2D eigenvalue weighted by Crippen LogP contribution is 2.46. The number of carbonyl (C=O) groups excluding carboxylic acids is 2. The number of benzene rings is 2. The van der Waals surface area contributed by atoms with Crippen molar-refractivity contribution in [3.8, 4) is 0 Å². The maximum Gasteiger partial charge on any atom is 0.267 e. The van der Waals surface area contributed by atoms with E-state index in [1.807, 2.05) is 42.5 Å². The van der Waals surface area contributed by atoms with E-state index in [-0.39, 0.29) is 22.6 Å². The van der Waals surface area contributed by atoms with Crippen molar-refractivity contribution in [3.63, 3.8) is 0 Å². The van der Waals surface area contributed by atoms with Crippen LogP contribution in [0.25, 0.3) is 10.8 Å². The van der Waals surface area contributed by atoms with Gasteiger partial charge in [0.1, 0.15) is 0 Å². The Morgan fingerprint density at radius 3 is 1.71 bits per heavy atom. The van der Waals surface area contributed by atoms with Crippen molar-refractivity contribution in [1.29, 1.82) is 0 Å². The molecule has 0 N–H and O–H groups in total. The highest BCUT2D eigenvalue weighted by atomic mass is 32.1. The first-order valence-corrected chi connectivity index (χ1v) is 10.4. The molecule has 28 heavy (non-hydrogen) atoms. The van der Waals surface area contributed by atoms with Gasteiger partial charge in [-0.1, -0.05) is 71.9 Å². The van der Waals surface area contributed by atoms with E-state index in [0.717, 1.165) is 20.5 Å². The van der Waals surface area contributed by atoms with Crippen molar-refractivity contribution in [1.82, 2.24) is 0 Å². The molecule has 0 bridgehead atoms. The molecule has 144 valence electrons. The van der Waals surface area contributed by atoms with E-state index in [2.05, 4.69) is 41.5 Å². The predicted octanol–water partition coefficient (Wildman–Crippen LogP) is 6.30. The number of carbonyl (C=O) groups is 2. The zero-order valence-corrected chi connectivity index (χ0v) is 18.0. The van der Waals surface area contributed by atoms with Crippen LogP contribution < -0.4 is 4.90 Å². The molecule has 3 nitrogen and oxygen atoms in total. The van der Waals surface area contributed by atoms with Gasteiger partial charge in [0.05, 0.1) is 16.8 Å². The Balaban J connectivity index is 1.92. The number of nitrogens with zero attached hydrogens (tertiary/aromatic N) is 1. The Labute approximate surface area is 170 Å². The van der Waals surface area contributed by atoms with E-state index < -0.39 is 0 Å². The number of fused-ring (bicyclic) bond motifs is 2. The van der Waals surface area contributed by atoms with Crippen LogP contribution in [-0.2, 0) is 10.8 Å². The second-order valence-electron chi connectivity index (χ2n) is 9.49. The molecule has 0 saturated heterocycles. The molecule has 1 aliphatic heterocycles. The summed E-state index contributed by atoms with van der Waals surface area (Å²) in [4.78, 5) is 30.3. The molecule has 2 heterocycles. The minimum Gasteiger partial charge on any atom is -0.268 e. The molecule has 0 radical (unpaired) electrons. The summed E-state index contributed by atoms with van der Waals surface area (Å²) in [6, 6.07) is 13.7. The number of imide groups is 1. The third-order valence-electron chi connectivity index (χ3n) is 5.10. The summed E-state index contributed by atoms with van der Waals surface area (Å²) in [5.41, 5.74) is 1.43. The van der Waals surface area contributed by atoms with Crippen LogP contribution in [0.1, 0.15) is 72.0 Å². The first kappa shape index (κ1) is 18.9. The number of hydrogen-bond donors (Lipinski definition) is 0. The Morgan fingerprint density at radius 1 is 0.714 bits per heavy atom. The first-order chi connectivity index (χ1) is 13.0. The Hall–Kier alpha value is -2.46. The van der Waals surface area contributed by atoms with Crippen molar-refractivity contribution in [2.45, 2.75) is 52.4 Å². The molecule has 3 aromatic rings. The molecule has 2 amide bonds. The third-order valence-corrected chi connectivity index (χ3v) is 7.14. The average molecular weight is 392 g/mol. The maximum absolute atomic E-state index is 13.5. The van der Waals surface area contributed by atoms with Gasteiger partial charge < -0.3 is 0 Å². The topological polar surface area (TPSA) is 37.4 Å². The van der Waals surface area contributed by atoms with E-state index >= 15 is 0 Å². The van der Waals surface area contributed by atoms with Crippen LogP contribution in [0.3, 0.4) is 0 Å². The minimum absolute atomic E-state index is 0.201. The van der Waals surface area contributed by atoms with Crippen LogP contribution >= 0.6 is 11.3 Å². The molecular weight excluding hydrogens is 366 g/mol. The smallest absolute Gasteiger partial charge is 0.267 e. The summed E-state index contributed by atoms with van der Waals surface area (Å²) < 4.78 is 0. The summed E-state index contributed by atoms with van der Waals surface area (Å²) in [5.74, 6) is -0.404. The monoisotopic (exact) mass is 391 g/mol. The number of anilines is 1. The molecule has 0 aliphatic carbocycles. The predicted molar refractivity (Wildman–Crippen MR) is 117 cm³/mol. The number of amides is 2. The Bertz CT molecular complexity index is 1080. The van der Waals surface area contributed by atoms with Crippen molar-refractivity contribution < 1.29 is 9.59 Å². The molecule has 2 aromatic carbocycles. The largest absolute Gasteiger partial charge is 0.268 e. The summed E-state index contributed by atoms with van der Waals surface area (Å²) >= 11 is 1.61. The average Bonchev–Trinajstić information content (AvgIpc) is 3.12. The summed E-state index contributed by atoms with van der Waals surface area (Å²) in [5, 5.41) is 2.10. The van der Waals surface area contributed by atoms with Gasteiger partial charge in [0.25, 0.3) is 11.8 Å². The van der Waals surface area contributed by atoms with E-state index in [1.54, 1.807) is 11.3 Å². The van der Waals surface area contributed by atoms with Gasteiger partial charge >= 0.3 is 0 Å². The zero-order chi connectivity index (χ0) is 20.4. The van der Waals surface area contributed by atoms with Gasteiger partial charge in [0.2, 0.25) is 0 Å². The molecule has 0 spiro atoms. The van der Waals surface area contributed by atoms with Crippen molar-refractivity contribution in [2.24, 2.45) is 0 Å². The van der Waals surface area contributed by atoms with Gasteiger partial charge in [-0.05, 0) is 33.7 Å². The van der Waals surface area contributed by atoms with Crippen LogP contribution in [0.4, 0.5) is 5.69 Å². The van der Waals surface area contributed by atoms with Crippen LogP contribution in [-0.4, -0.2) is 11.8 Å². The standard InChI is InChI=1S/C24H25NO2S/c1-23(2,3)19-17-18(20(28-19)24(4,5)6)22(27)25(21(17)26)16-12-11-14-9-7-8-10-15(14)13-16/h7-13H,1-6H3. The van der Waals surface area contributed by atoms with Crippen LogP contribution in [0.2, 0.25) is 0 Å². The highest BCUT2D eigenvalue weighted by molar-refractivity contribution is 7.13. The van der Waals surface area contributed by atoms with Gasteiger partial charge in [-0.15, -0.1) is 11.3 Å². The molecule has 1 aliphatic rings. The van der Waals surface area contributed by atoms with Crippen molar-refractivity contribution in [3.05, 3.63) is 63.3 Å². The van der Waals surface area contributed by atoms with Gasteiger partial charge in [-0.25, -0.2) is 4.90 Å². The highest BCUT2D eigenvalue weighted by Gasteiger charge is 2.46. The fourth-order valence-electron chi connectivity index (χ4n) is 3.76. The fourth-order valence-corrected chi connectivity index (χ4v) is 5.16. The van der Waals surface area contributed by atoms with Gasteiger partial charge in [0.15, 0.2) is 0 Å². The van der Waals surface area contributed by atoms with E-state index in [9.17, 15) is 9.59 Å². The van der Waals surface area contributed by atoms with Crippen LogP contribution in [0.15, 0.2) is 42.5 Å². The number of thiophene rings is 1. The Kier molecular flexibility index (Phi) is 4.06. The van der Waals surface area contributed by atoms with Crippen molar-refractivity contribution >= 4 is 39.6 Å².